The third-order valence-electron chi connectivity index (χ3n) is 2.31. The van der Waals surface area contributed by atoms with E-state index in [2.05, 4.69) is 43.1 Å². The molecule has 1 aromatic heterocycles. The highest BCUT2D eigenvalue weighted by Gasteiger charge is 2.09. The number of anilines is 1. The molecule has 2 N–H and O–H groups in total. The summed E-state index contributed by atoms with van der Waals surface area (Å²) in [5.41, 5.74) is 7.39. The van der Waals surface area contributed by atoms with Crippen LogP contribution in [0.3, 0.4) is 0 Å². The molecule has 0 unspecified atom stereocenters. The van der Waals surface area contributed by atoms with Crippen LogP contribution in [0.15, 0.2) is 33.6 Å². The number of benzene rings is 1. The number of rotatable bonds is 3. The van der Waals surface area contributed by atoms with Crippen molar-refractivity contribution in [1.82, 2.24) is 4.98 Å². The van der Waals surface area contributed by atoms with Gasteiger partial charge in [-0.05, 0) is 19.1 Å². The number of hydrogen-bond acceptors (Lipinski definition) is 4. The molecular formula is C13H16N2OS. The van der Waals surface area contributed by atoms with Gasteiger partial charge in [-0.2, -0.15) is 4.98 Å². The van der Waals surface area contributed by atoms with Crippen molar-refractivity contribution in [3.63, 3.8) is 0 Å². The lowest BCUT2D eigenvalue weighted by molar-refractivity contribution is 0.549. The van der Waals surface area contributed by atoms with Crippen molar-refractivity contribution in [2.24, 2.45) is 0 Å². The van der Waals surface area contributed by atoms with Crippen LogP contribution < -0.4 is 5.73 Å². The van der Waals surface area contributed by atoms with E-state index in [-0.39, 0.29) is 6.01 Å². The van der Waals surface area contributed by atoms with Crippen LogP contribution in [0.25, 0.3) is 11.3 Å². The van der Waals surface area contributed by atoms with Gasteiger partial charge in [0.2, 0.25) is 0 Å². The van der Waals surface area contributed by atoms with Crippen molar-refractivity contribution in [2.45, 2.75) is 30.9 Å². The molecule has 2 aromatic rings. The minimum Gasteiger partial charge on any atom is -0.429 e. The van der Waals surface area contributed by atoms with E-state index in [0.29, 0.717) is 5.25 Å². The third kappa shape index (κ3) is 2.82. The molecule has 0 aliphatic carbocycles. The predicted molar refractivity (Wildman–Crippen MR) is 72.1 cm³/mol. The van der Waals surface area contributed by atoms with Gasteiger partial charge in [0.05, 0.1) is 0 Å². The first-order chi connectivity index (χ1) is 8.06. The van der Waals surface area contributed by atoms with E-state index in [9.17, 15) is 0 Å². The molecule has 1 aromatic carbocycles. The molecule has 0 saturated carbocycles. The van der Waals surface area contributed by atoms with Crippen LogP contribution in [-0.4, -0.2) is 10.2 Å². The quantitative estimate of drug-likeness (QED) is 0.841. The van der Waals surface area contributed by atoms with Gasteiger partial charge in [0, 0.05) is 15.7 Å². The van der Waals surface area contributed by atoms with E-state index in [0.717, 1.165) is 17.0 Å². The van der Waals surface area contributed by atoms with Crippen molar-refractivity contribution in [2.75, 3.05) is 5.73 Å². The Morgan fingerprint density at radius 2 is 1.88 bits per heavy atom. The highest BCUT2D eigenvalue weighted by molar-refractivity contribution is 7.99. The predicted octanol–water partition coefficient (Wildman–Crippen LogP) is 3.73. The molecule has 0 atom stereocenters. The molecule has 0 fully saturated rings. The van der Waals surface area contributed by atoms with Gasteiger partial charge in [0.15, 0.2) is 0 Å². The molecule has 1 heterocycles. The molecule has 2 rings (SSSR count). The Balaban J connectivity index is 2.26. The average molecular weight is 248 g/mol. The van der Waals surface area contributed by atoms with Gasteiger partial charge in [0.1, 0.15) is 11.5 Å². The Morgan fingerprint density at radius 3 is 2.35 bits per heavy atom. The van der Waals surface area contributed by atoms with Crippen LogP contribution in [0.1, 0.15) is 19.6 Å². The van der Waals surface area contributed by atoms with Crippen LogP contribution in [0.2, 0.25) is 0 Å². The van der Waals surface area contributed by atoms with E-state index in [1.165, 1.54) is 4.90 Å². The molecule has 17 heavy (non-hydrogen) atoms. The smallest absolute Gasteiger partial charge is 0.292 e. The Labute approximate surface area is 105 Å². The largest absolute Gasteiger partial charge is 0.429 e. The second-order valence-corrected chi connectivity index (χ2v) is 5.80. The summed E-state index contributed by atoms with van der Waals surface area (Å²) in [5, 5.41) is 0.588. The zero-order valence-electron chi connectivity index (χ0n) is 10.2. The third-order valence-corrected chi connectivity index (χ3v) is 3.33. The molecule has 3 nitrogen and oxygen atoms in total. The highest BCUT2D eigenvalue weighted by Crippen LogP contribution is 2.28. The summed E-state index contributed by atoms with van der Waals surface area (Å²) in [6.45, 7) is 6.23. The molecule has 0 radical (unpaired) electrons. The first-order valence-electron chi connectivity index (χ1n) is 5.56. The number of hydrogen-bond donors (Lipinski definition) is 1. The maximum atomic E-state index is 5.53. The molecule has 0 bridgehead atoms. The number of thioether (sulfide) groups is 1. The lowest BCUT2D eigenvalue weighted by atomic mass is 10.1. The van der Waals surface area contributed by atoms with Crippen molar-refractivity contribution >= 4 is 17.8 Å². The maximum absolute atomic E-state index is 5.53. The van der Waals surface area contributed by atoms with Crippen molar-refractivity contribution in [3.8, 4) is 11.3 Å². The summed E-state index contributed by atoms with van der Waals surface area (Å²) in [4.78, 5) is 5.44. The summed E-state index contributed by atoms with van der Waals surface area (Å²) in [7, 11) is 0. The maximum Gasteiger partial charge on any atom is 0.292 e. The topological polar surface area (TPSA) is 52.0 Å². The van der Waals surface area contributed by atoms with Crippen LogP contribution in [0.4, 0.5) is 6.01 Å². The fourth-order valence-corrected chi connectivity index (χ4v) is 2.49. The van der Waals surface area contributed by atoms with Crippen LogP contribution in [0, 0.1) is 6.92 Å². The number of nitrogen functional groups attached to an aromatic ring is 1. The number of nitrogens with zero attached hydrogens (tertiary/aromatic N) is 1. The molecule has 0 aliphatic rings. The Bertz CT molecular complexity index is 503. The van der Waals surface area contributed by atoms with Crippen molar-refractivity contribution in [1.29, 1.82) is 0 Å². The van der Waals surface area contributed by atoms with Crippen molar-refractivity contribution in [3.05, 3.63) is 30.0 Å². The number of aromatic nitrogens is 1. The van der Waals surface area contributed by atoms with E-state index in [4.69, 9.17) is 10.2 Å². The summed E-state index contributed by atoms with van der Waals surface area (Å²) in [6.07, 6.45) is 0. The average Bonchev–Trinajstić information content (AvgIpc) is 2.58. The summed E-state index contributed by atoms with van der Waals surface area (Å²) < 4.78 is 5.23. The summed E-state index contributed by atoms with van der Waals surface area (Å²) >= 11 is 1.84. The number of oxazole rings is 1. The van der Waals surface area contributed by atoms with Gasteiger partial charge in [0.25, 0.3) is 6.01 Å². The van der Waals surface area contributed by atoms with Gasteiger partial charge in [-0.25, -0.2) is 0 Å². The summed E-state index contributed by atoms with van der Waals surface area (Å²) in [5.74, 6) is 0.756. The van der Waals surface area contributed by atoms with E-state index in [1.807, 2.05) is 18.7 Å². The minimum atomic E-state index is 0.220. The zero-order valence-corrected chi connectivity index (χ0v) is 11.0. The monoisotopic (exact) mass is 248 g/mol. The van der Waals surface area contributed by atoms with Gasteiger partial charge in [-0.3, -0.25) is 0 Å². The fraction of sp³-hybridized carbons (Fsp3) is 0.308. The Kier molecular flexibility index (Phi) is 3.43. The number of aryl methyl sites for hydroxylation is 1. The molecule has 90 valence electrons. The fourth-order valence-electron chi connectivity index (χ4n) is 1.65. The van der Waals surface area contributed by atoms with Crippen LogP contribution >= 0.6 is 11.8 Å². The minimum absolute atomic E-state index is 0.220. The summed E-state index contributed by atoms with van der Waals surface area (Å²) in [6, 6.07) is 8.52. The first-order valence-corrected chi connectivity index (χ1v) is 6.44. The SMILES string of the molecule is Cc1oc(N)nc1-c1ccc(SC(C)C)cc1. The zero-order chi connectivity index (χ0) is 12.4. The molecule has 0 aliphatic heterocycles. The van der Waals surface area contributed by atoms with E-state index >= 15 is 0 Å². The lowest BCUT2D eigenvalue weighted by Gasteiger charge is -2.05. The van der Waals surface area contributed by atoms with Crippen molar-refractivity contribution < 1.29 is 4.42 Å². The van der Waals surface area contributed by atoms with Crippen LogP contribution in [0.5, 0.6) is 0 Å². The second kappa shape index (κ2) is 4.84. The number of nitrogens with two attached hydrogens (primary N) is 1. The Morgan fingerprint density at radius 1 is 1.24 bits per heavy atom. The standard InChI is InChI=1S/C13H16N2OS/c1-8(2)17-11-6-4-10(5-7-11)12-9(3)16-13(14)15-12/h4-8H,1-3H3,(H2,14,15). The van der Waals surface area contributed by atoms with E-state index < -0.39 is 0 Å². The second-order valence-electron chi connectivity index (χ2n) is 4.15. The molecular weight excluding hydrogens is 232 g/mol. The normalized spacial score (nSPS) is 11.1. The van der Waals surface area contributed by atoms with Gasteiger partial charge in [-0.1, -0.05) is 26.0 Å². The molecule has 4 heteroatoms. The Hall–Kier alpha value is -1.42. The van der Waals surface area contributed by atoms with E-state index in [1.54, 1.807) is 0 Å². The molecule has 0 spiro atoms. The van der Waals surface area contributed by atoms with Gasteiger partial charge in [-0.15, -0.1) is 11.8 Å². The molecule has 0 amide bonds. The lowest BCUT2D eigenvalue weighted by Crippen LogP contribution is -1.87. The van der Waals surface area contributed by atoms with Crippen LogP contribution in [-0.2, 0) is 0 Å². The van der Waals surface area contributed by atoms with Gasteiger partial charge >= 0.3 is 0 Å². The molecule has 0 saturated heterocycles. The first kappa shape index (κ1) is 12.0. The highest BCUT2D eigenvalue weighted by atomic mass is 32.2. The van der Waals surface area contributed by atoms with Gasteiger partial charge < -0.3 is 10.2 Å².